The molecule has 412 valence electrons. The summed E-state index contributed by atoms with van der Waals surface area (Å²) < 4.78 is 30.1. The highest BCUT2D eigenvalue weighted by molar-refractivity contribution is 5.93. The van der Waals surface area contributed by atoms with E-state index >= 15 is 0 Å². The fourth-order valence-electron chi connectivity index (χ4n) is 9.05. The van der Waals surface area contributed by atoms with Crippen molar-refractivity contribution in [2.75, 3.05) is 76.0 Å². The molecule has 0 spiro atoms. The van der Waals surface area contributed by atoms with E-state index in [4.69, 9.17) is 29.4 Å². The summed E-state index contributed by atoms with van der Waals surface area (Å²) in [5, 5.41) is 49.5. The lowest BCUT2D eigenvalue weighted by Crippen LogP contribution is -2.61. The Labute approximate surface area is 438 Å². The van der Waals surface area contributed by atoms with Crippen LogP contribution in [0.5, 0.6) is 11.5 Å². The van der Waals surface area contributed by atoms with Crippen molar-refractivity contribution < 1.29 is 63.3 Å². The number of carboxylic acid groups (broad SMARTS) is 1. The third-order valence-electron chi connectivity index (χ3n) is 13.3. The number of nitrogen functional groups attached to an aromatic ring is 1. The molecule has 75 heavy (non-hydrogen) atoms. The van der Waals surface area contributed by atoms with Gasteiger partial charge in [0.15, 0.2) is 11.9 Å². The fourth-order valence-corrected chi connectivity index (χ4v) is 9.05. The molecule has 3 amide bonds. The van der Waals surface area contributed by atoms with Gasteiger partial charge in [-0.15, -0.1) is 0 Å². The van der Waals surface area contributed by atoms with Gasteiger partial charge in [-0.1, -0.05) is 77.5 Å². The van der Waals surface area contributed by atoms with Crippen molar-refractivity contribution in [1.29, 1.82) is 0 Å². The lowest BCUT2D eigenvalue weighted by molar-refractivity contribution is -0.271. The van der Waals surface area contributed by atoms with Crippen LogP contribution >= 0.6 is 0 Å². The van der Waals surface area contributed by atoms with Crippen LogP contribution < -0.4 is 31.2 Å². The lowest BCUT2D eigenvalue weighted by atomic mass is 9.97. The van der Waals surface area contributed by atoms with E-state index in [1.807, 2.05) is 25.3 Å². The number of piperazine rings is 1. The molecule has 0 bridgehead atoms. The molecule has 6 rings (SSSR count). The Hall–Kier alpha value is -6.30. The van der Waals surface area contributed by atoms with Gasteiger partial charge in [-0.05, 0) is 54.2 Å². The predicted octanol–water partition coefficient (Wildman–Crippen LogP) is 4.86. The largest absolute Gasteiger partial charge is 0.496 e. The minimum Gasteiger partial charge on any atom is -0.496 e. The number of nitrogens with zero attached hydrogens (tertiary/aromatic N) is 5. The van der Waals surface area contributed by atoms with Gasteiger partial charge in [0.1, 0.15) is 41.9 Å². The topological polar surface area (TPSA) is 295 Å². The quantitative estimate of drug-likeness (QED) is 0.0337. The molecule has 22 heteroatoms. The molecule has 6 atom stereocenters. The highest BCUT2D eigenvalue weighted by atomic mass is 16.7. The molecule has 0 radical (unpaired) electrons. The molecule has 2 aliphatic rings. The smallest absolute Gasteiger partial charge is 0.410 e. The number of unbranched alkanes of at least 4 members (excludes halogenated alkanes) is 3. The van der Waals surface area contributed by atoms with Crippen molar-refractivity contribution in [1.82, 2.24) is 29.7 Å². The van der Waals surface area contributed by atoms with Gasteiger partial charge in [0.05, 0.1) is 31.5 Å². The number of anilines is 3. The molecule has 4 aromatic rings. The lowest BCUT2D eigenvalue weighted by Gasteiger charge is -2.38. The highest BCUT2D eigenvalue weighted by Crippen LogP contribution is 2.32. The monoisotopic (exact) mass is 1050 g/mol. The van der Waals surface area contributed by atoms with E-state index in [1.54, 1.807) is 12.0 Å². The average molecular weight is 1050 g/mol. The number of aromatic nitrogens is 3. The van der Waals surface area contributed by atoms with Crippen molar-refractivity contribution in [3.05, 3.63) is 65.4 Å². The van der Waals surface area contributed by atoms with E-state index in [9.17, 15) is 39.6 Å². The summed E-state index contributed by atoms with van der Waals surface area (Å²) in [5.41, 5.74) is 10.3. The zero-order valence-corrected chi connectivity index (χ0v) is 43.7. The summed E-state index contributed by atoms with van der Waals surface area (Å²) in [6.07, 6.45) is 1.36. The number of carbonyl (C=O) groups excluding carboxylic acids is 3. The van der Waals surface area contributed by atoms with Crippen LogP contribution in [0.15, 0.2) is 48.7 Å². The van der Waals surface area contributed by atoms with Crippen LogP contribution in [-0.2, 0) is 48.3 Å². The third-order valence-corrected chi connectivity index (χ3v) is 13.3. The first-order chi connectivity index (χ1) is 36.2. The number of aliphatic hydroxyl groups excluding tert-OH is 3. The number of aliphatic hydroxyl groups is 3. The summed E-state index contributed by atoms with van der Waals surface area (Å²) in [6.45, 7) is 11.1. The SMILES string of the molecule is CCCCCC(C)CCCCNc1nc(N)nc2ccn(Cc3ccc(CN4CCN(C(=O)OCc5ccc(O[C@@H]6O[C@H](C(=O)O)[C@@H](O)[C@H](O)[C@H]6O)c(NC(=O)CCNC(=O)CCOCCC)c5)CC4)cc3OC)c12. The van der Waals surface area contributed by atoms with Crippen molar-refractivity contribution in [2.24, 2.45) is 5.92 Å². The molecule has 22 nitrogen and oxygen atoms in total. The van der Waals surface area contributed by atoms with Gasteiger partial charge in [-0.3, -0.25) is 14.5 Å². The molecule has 2 aromatic heterocycles. The average Bonchev–Trinajstić information content (AvgIpc) is 3.80. The maximum Gasteiger partial charge on any atom is 0.410 e. The summed E-state index contributed by atoms with van der Waals surface area (Å²) in [7, 11) is 1.66. The van der Waals surface area contributed by atoms with Gasteiger partial charge in [0.2, 0.25) is 24.1 Å². The number of methoxy groups -OCH3 is 1. The van der Waals surface area contributed by atoms with Crippen LogP contribution in [0.3, 0.4) is 0 Å². The molecule has 0 aliphatic carbocycles. The Balaban J connectivity index is 1.01. The van der Waals surface area contributed by atoms with E-state index < -0.39 is 48.7 Å². The number of amides is 3. The normalized spacial score (nSPS) is 19.3. The van der Waals surface area contributed by atoms with E-state index in [-0.39, 0.29) is 55.9 Å². The third kappa shape index (κ3) is 17.1. The molecule has 2 saturated heterocycles. The fraction of sp³-hybridized carbons (Fsp3) is 0.585. The number of carbonyl (C=O) groups is 4. The summed E-state index contributed by atoms with van der Waals surface area (Å²) in [5.74, 6) is -0.105. The van der Waals surface area contributed by atoms with Crippen molar-refractivity contribution >= 4 is 52.4 Å². The predicted molar refractivity (Wildman–Crippen MR) is 280 cm³/mol. The van der Waals surface area contributed by atoms with Crippen LogP contribution in [0.1, 0.15) is 102 Å². The number of nitrogens with two attached hydrogens (primary N) is 1. The standard InChI is InChI=1S/C53H77N9O13/c1-5-7-8-11-34(3)12-9-10-20-56-49-44-38(58-52(54)59-49)18-22-62(44)32-37-15-13-35(30-41(37)71-4)31-60-23-25-61(26-24-60)53(70)73-33-36-14-16-40(74-51-47(67)45(65)46(66)48(75-51)50(68)69)39(29-36)57-43(64)17-21-55-42(63)19-28-72-27-6-2/h13-16,18,22,29-30,34,45-48,51,65-67H,5-12,17,19-21,23-28,31-33H2,1-4H3,(H,55,63)(H,57,64)(H,68,69)(H3,54,56,58,59)/t34?,45-,46-,47+,48-,51+/m0/s1. The molecule has 2 aliphatic heterocycles. The molecular formula is C53H77N9O13. The number of carboxylic acids is 1. The maximum absolute atomic E-state index is 13.4. The second-order valence-corrected chi connectivity index (χ2v) is 19.3. The summed E-state index contributed by atoms with van der Waals surface area (Å²) >= 11 is 0. The van der Waals surface area contributed by atoms with Gasteiger partial charge in [0, 0.05) is 77.0 Å². The first kappa shape index (κ1) is 58.0. The van der Waals surface area contributed by atoms with Crippen molar-refractivity contribution in [2.45, 2.75) is 135 Å². The number of fused-ring (bicyclic) bond motifs is 1. The van der Waals surface area contributed by atoms with E-state index in [2.05, 4.69) is 61.4 Å². The summed E-state index contributed by atoms with van der Waals surface area (Å²) in [4.78, 5) is 63.4. The van der Waals surface area contributed by atoms with Crippen LogP contribution in [0.4, 0.5) is 22.2 Å². The number of aliphatic carboxylic acids is 1. The van der Waals surface area contributed by atoms with Gasteiger partial charge in [-0.2, -0.15) is 4.98 Å². The van der Waals surface area contributed by atoms with Crippen LogP contribution in [0, 0.1) is 5.92 Å². The first-order valence-electron chi connectivity index (χ1n) is 26.2. The first-order valence-corrected chi connectivity index (χ1v) is 26.2. The molecule has 9 N–H and O–H groups in total. The van der Waals surface area contributed by atoms with Crippen molar-refractivity contribution in [3.63, 3.8) is 0 Å². The number of rotatable bonds is 29. The van der Waals surface area contributed by atoms with Gasteiger partial charge >= 0.3 is 12.1 Å². The zero-order chi connectivity index (χ0) is 53.9. The Morgan fingerprint density at radius 2 is 1.59 bits per heavy atom. The van der Waals surface area contributed by atoms with E-state index in [0.717, 1.165) is 59.6 Å². The number of benzene rings is 2. The zero-order valence-electron chi connectivity index (χ0n) is 43.7. The number of nitrogens with one attached hydrogen (secondary N) is 3. The van der Waals surface area contributed by atoms with E-state index in [0.29, 0.717) is 57.3 Å². The second-order valence-electron chi connectivity index (χ2n) is 19.3. The Kier molecular flexibility index (Phi) is 22.5. The minimum atomic E-state index is -1.94. The van der Waals surface area contributed by atoms with Gasteiger partial charge in [-0.25, -0.2) is 14.6 Å². The summed E-state index contributed by atoms with van der Waals surface area (Å²) in [6, 6.07) is 12.5. The van der Waals surface area contributed by atoms with Crippen LogP contribution in [-0.4, -0.2) is 159 Å². The van der Waals surface area contributed by atoms with E-state index in [1.165, 1.54) is 50.3 Å². The number of hydrogen-bond donors (Lipinski definition) is 8. The molecule has 0 saturated carbocycles. The maximum atomic E-state index is 13.4. The van der Waals surface area contributed by atoms with Gasteiger partial charge < -0.3 is 75.3 Å². The number of hydrogen-bond acceptors (Lipinski definition) is 17. The molecule has 2 aromatic carbocycles. The Bertz CT molecular complexity index is 2490. The number of ether oxygens (including phenoxy) is 5. The molecule has 2 fully saturated rings. The minimum absolute atomic E-state index is 0.00653. The highest BCUT2D eigenvalue weighted by Gasteiger charge is 2.48. The molecule has 4 heterocycles. The van der Waals surface area contributed by atoms with Gasteiger partial charge in [0.25, 0.3) is 0 Å². The molecular weight excluding hydrogens is 971 g/mol. The Morgan fingerprint density at radius 3 is 2.32 bits per heavy atom. The Morgan fingerprint density at radius 1 is 0.827 bits per heavy atom. The molecule has 1 unspecified atom stereocenters. The van der Waals surface area contributed by atoms with Crippen molar-refractivity contribution in [3.8, 4) is 11.5 Å². The van der Waals surface area contributed by atoms with Crippen LogP contribution in [0.25, 0.3) is 11.0 Å². The van der Waals surface area contributed by atoms with Crippen LogP contribution in [0.2, 0.25) is 0 Å². The second kappa shape index (κ2) is 29.1.